The van der Waals surface area contributed by atoms with Crippen LogP contribution in [0.1, 0.15) is 19.7 Å². The standard InChI is InChI=1S/C15H22N6O.HI/c1-4-16-15(17-5-2)18-10-13-19-14(21-20-13)11-6-8-12(22-3)9-7-11;/h6-9H,4-5,10H2,1-3H3,(H2,16,17,18)(H,19,20,21);1H. The number of ether oxygens (including phenoxy) is 1. The van der Waals surface area contributed by atoms with E-state index >= 15 is 0 Å². The van der Waals surface area contributed by atoms with Gasteiger partial charge in [-0.15, -0.1) is 24.0 Å². The molecule has 1 heterocycles. The topological polar surface area (TPSA) is 87.2 Å². The van der Waals surface area contributed by atoms with Crippen LogP contribution >= 0.6 is 24.0 Å². The van der Waals surface area contributed by atoms with Crippen molar-refractivity contribution in [3.8, 4) is 17.1 Å². The van der Waals surface area contributed by atoms with Crippen LogP contribution < -0.4 is 15.4 Å². The van der Waals surface area contributed by atoms with Crippen molar-refractivity contribution in [1.29, 1.82) is 0 Å². The van der Waals surface area contributed by atoms with Gasteiger partial charge in [-0.05, 0) is 38.1 Å². The molecule has 0 fully saturated rings. The van der Waals surface area contributed by atoms with Gasteiger partial charge < -0.3 is 15.4 Å². The van der Waals surface area contributed by atoms with Gasteiger partial charge in [-0.3, -0.25) is 5.10 Å². The maximum atomic E-state index is 5.14. The normalized spacial score (nSPS) is 9.70. The minimum atomic E-state index is 0. The summed E-state index contributed by atoms with van der Waals surface area (Å²) in [5.74, 6) is 2.96. The molecule has 23 heavy (non-hydrogen) atoms. The van der Waals surface area contributed by atoms with Crippen LogP contribution in [0, 0.1) is 0 Å². The van der Waals surface area contributed by atoms with Crippen molar-refractivity contribution in [3.63, 3.8) is 0 Å². The second kappa shape index (κ2) is 10.0. The van der Waals surface area contributed by atoms with E-state index in [-0.39, 0.29) is 24.0 Å². The van der Waals surface area contributed by atoms with E-state index in [1.165, 1.54) is 0 Å². The molecule has 1 aromatic heterocycles. The summed E-state index contributed by atoms with van der Waals surface area (Å²) in [4.78, 5) is 8.91. The van der Waals surface area contributed by atoms with Crippen LogP contribution in [0.2, 0.25) is 0 Å². The van der Waals surface area contributed by atoms with E-state index in [1.54, 1.807) is 7.11 Å². The zero-order valence-electron chi connectivity index (χ0n) is 13.6. The first-order valence-electron chi connectivity index (χ1n) is 7.34. The quantitative estimate of drug-likeness (QED) is 0.372. The summed E-state index contributed by atoms with van der Waals surface area (Å²) in [5.41, 5.74) is 0.936. The predicted molar refractivity (Wildman–Crippen MR) is 102 cm³/mol. The molecule has 7 nitrogen and oxygen atoms in total. The summed E-state index contributed by atoms with van der Waals surface area (Å²) >= 11 is 0. The van der Waals surface area contributed by atoms with E-state index in [0.717, 1.165) is 36.2 Å². The highest BCUT2D eigenvalue weighted by Crippen LogP contribution is 2.18. The lowest BCUT2D eigenvalue weighted by molar-refractivity contribution is 0.415. The summed E-state index contributed by atoms with van der Waals surface area (Å²) < 4.78 is 5.14. The molecule has 0 unspecified atom stereocenters. The summed E-state index contributed by atoms with van der Waals surface area (Å²) in [6.07, 6.45) is 0. The Labute approximate surface area is 153 Å². The van der Waals surface area contributed by atoms with Gasteiger partial charge in [0, 0.05) is 18.7 Å². The fourth-order valence-electron chi connectivity index (χ4n) is 1.90. The van der Waals surface area contributed by atoms with Gasteiger partial charge in [-0.1, -0.05) is 0 Å². The Morgan fingerprint density at radius 1 is 1.17 bits per heavy atom. The number of aliphatic imine (C=N–C) groups is 1. The minimum absolute atomic E-state index is 0. The highest BCUT2D eigenvalue weighted by molar-refractivity contribution is 14.0. The van der Waals surface area contributed by atoms with Crippen LogP contribution in [-0.2, 0) is 6.54 Å². The molecule has 0 bridgehead atoms. The number of hydrogen-bond donors (Lipinski definition) is 3. The van der Waals surface area contributed by atoms with Gasteiger partial charge in [0.05, 0.1) is 7.11 Å². The number of nitrogens with zero attached hydrogens (tertiary/aromatic N) is 3. The van der Waals surface area contributed by atoms with Crippen LogP contribution in [0.3, 0.4) is 0 Å². The molecule has 0 spiro atoms. The number of aromatic nitrogens is 3. The predicted octanol–water partition coefficient (Wildman–Crippen LogP) is 2.17. The van der Waals surface area contributed by atoms with E-state index < -0.39 is 0 Å². The lowest BCUT2D eigenvalue weighted by Gasteiger charge is -2.08. The fourth-order valence-corrected chi connectivity index (χ4v) is 1.90. The van der Waals surface area contributed by atoms with Crippen LogP contribution in [0.25, 0.3) is 11.4 Å². The van der Waals surface area contributed by atoms with Crippen molar-refractivity contribution in [2.75, 3.05) is 20.2 Å². The molecule has 0 aliphatic carbocycles. The largest absolute Gasteiger partial charge is 0.497 e. The third-order valence-corrected chi connectivity index (χ3v) is 2.96. The number of aromatic amines is 1. The van der Waals surface area contributed by atoms with Crippen molar-refractivity contribution in [3.05, 3.63) is 30.1 Å². The highest BCUT2D eigenvalue weighted by Gasteiger charge is 2.06. The van der Waals surface area contributed by atoms with Gasteiger partial charge in [0.2, 0.25) is 0 Å². The number of nitrogens with one attached hydrogen (secondary N) is 3. The van der Waals surface area contributed by atoms with Gasteiger partial charge in [-0.2, -0.15) is 5.10 Å². The molecular formula is C15H23IN6O. The average molecular weight is 430 g/mol. The summed E-state index contributed by atoms with van der Waals surface area (Å²) in [5, 5.41) is 13.5. The molecule has 0 amide bonds. The third-order valence-electron chi connectivity index (χ3n) is 2.96. The number of halogens is 1. The molecule has 8 heteroatoms. The molecule has 0 atom stereocenters. The smallest absolute Gasteiger partial charge is 0.191 e. The fraction of sp³-hybridized carbons (Fsp3) is 0.400. The number of rotatable bonds is 6. The monoisotopic (exact) mass is 430 g/mol. The lowest BCUT2D eigenvalue weighted by atomic mass is 10.2. The Morgan fingerprint density at radius 2 is 1.83 bits per heavy atom. The van der Waals surface area contributed by atoms with Crippen LogP contribution in [0.4, 0.5) is 0 Å². The number of guanidine groups is 1. The second-order valence-corrected chi connectivity index (χ2v) is 4.56. The highest BCUT2D eigenvalue weighted by atomic mass is 127. The van der Waals surface area contributed by atoms with Gasteiger partial charge in [0.25, 0.3) is 0 Å². The molecular weight excluding hydrogens is 407 g/mol. The maximum Gasteiger partial charge on any atom is 0.191 e. The van der Waals surface area contributed by atoms with Crippen molar-refractivity contribution >= 4 is 29.9 Å². The van der Waals surface area contributed by atoms with E-state index in [4.69, 9.17) is 4.74 Å². The molecule has 0 saturated carbocycles. The number of benzene rings is 1. The Balaban J connectivity index is 0.00000264. The Hall–Kier alpha value is -1.84. The van der Waals surface area contributed by atoms with Gasteiger partial charge in [0.1, 0.15) is 18.1 Å². The molecule has 1 aromatic carbocycles. The van der Waals surface area contributed by atoms with E-state index in [2.05, 4.69) is 30.8 Å². The van der Waals surface area contributed by atoms with Crippen molar-refractivity contribution in [2.45, 2.75) is 20.4 Å². The Kier molecular flexibility index (Phi) is 8.38. The summed E-state index contributed by atoms with van der Waals surface area (Å²) in [7, 11) is 1.64. The van der Waals surface area contributed by atoms with Crippen LogP contribution in [0.5, 0.6) is 5.75 Å². The van der Waals surface area contributed by atoms with Crippen LogP contribution in [-0.4, -0.2) is 41.3 Å². The SMILES string of the molecule is CCNC(=NCc1nc(-c2ccc(OC)cc2)n[nH]1)NCC.I. The average Bonchev–Trinajstić information content (AvgIpc) is 3.02. The summed E-state index contributed by atoms with van der Waals surface area (Å²) in [6, 6.07) is 7.63. The Bertz CT molecular complexity index is 603. The molecule has 126 valence electrons. The first-order valence-corrected chi connectivity index (χ1v) is 7.34. The summed E-state index contributed by atoms with van der Waals surface area (Å²) in [6.45, 7) is 6.14. The number of methoxy groups -OCH3 is 1. The van der Waals surface area contributed by atoms with E-state index in [1.807, 2.05) is 38.1 Å². The lowest BCUT2D eigenvalue weighted by Crippen LogP contribution is -2.37. The molecule has 2 aromatic rings. The van der Waals surface area contributed by atoms with Crippen LogP contribution in [0.15, 0.2) is 29.3 Å². The minimum Gasteiger partial charge on any atom is -0.497 e. The van der Waals surface area contributed by atoms with Gasteiger partial charge >= 0.3 is 0 Å². The molecule has 0 aliphatic heterocycles. The Morgan fingerprint density at radius 3 is 2.39 bits per heavy atom. The number of H-pyrrole nitrogens is 1. The first kappa shape index (κ1) is 19.2. The van der Waals surface area contributed by atoms with Crippen molar-refractivity contribution in [1.82, 2.24) is 25.8 Å². The van der Waals surface area contributed by atoms with E-state index in [0.29, 0.717) is 12.4 Å². The van der Waals surface area contributed by atoms with Crippen molar-refractivity contribution < 1.29 is 4.74 Å². The van der Waals surface area contributed by atoms with Gasteiger partial charge in [0.15, 0.2) is 11.8 Å². The first-order chi connectivity index (χ1) is 10.8. The second-order valence-electron chi connectivity index (χ2n) is 4.56. The number of hydrogen-bond acceptors (Lipinski definition) is 4. The molecule has 0 saturated heterocycles. The zero-order valence-corrected chi connectivity index (χ0v) is 15.9. The van der Waals surface area contributed by atoms with Gasteiger partial charge in [-0.25, -0.2) is 9.98 Å². The molecule has 3 N–H and O–H groups in total. The molecule has 2 rings (SSSR count). The van der Waals surface area contributed by atoms with Crippen molar-refractivity contribution in [2.24, 2.45) is 4.99 Å². The maximum absolute atomic E-state index is 5.14. The molecule has 0 aliphatic rings. The zero-order chi connectivity index (χ0) is 15.8. The molecule has 0 radical (unpaired) electrons. The van der Waals surface area contributed by atoms with E-state index in [9.17, 15) is 0 Å². The third kappa shape index (κ3) is 5.70.